The molecule has 0 aliphatic carbocycles. The molecule has 0 aliphatic rings. The van der Waals surface area contributed by atoms with Crippen LogP contribution in [0.5, 0.6) is 5.75 Å². The molecule has 1 heterocycles. The molecule has 2 rings (SSSR count). The van der Waals surface area contributed by atoms with E-state index in [2.05, 4.69) is 22.0 Å². The van der Waals surface area contributed by atoms with Crippen LogP contribution < -0.4 is 4.74 Å². The molecule has 1 aromatic carbocycles. The van der Waals surface area contributed by atoms with Crippen LogP contribution in [0.1, 0.15) is 22.1 Å². The molecule has 0 fully saturated rings. The number of benzene rings is 1. The highest BCUT2D eigenvalue weighted by Gasteiger charge is 2.14. The van der Waals surface area contributed by atoms with Crippen LogP contribution in [0, 0.1) is 6.92 Å². The molecule has 2 aromatic rings. The van der Waals surface area contributed by atoms with Crippen molar-refractivity contribution < 1.29 is 9.84 Å². The molecule has 1 atom stereocenters. The molecular formula is C14H15BrO2S. The van der Waals surface area contributed by atoms with E-state index >= 15 is 0 Å². The van der Waals surface area contributed by atoms with Crippen molar-refractivity contribution in [3.05, 3.63) is 50.1 Å². The Hall–Kier alpha value is -0.840. The number of hydrogen-bond acceptors (Lipinski definition) is 3. The van der Waals surface area contributed by atoms with Gasteiger partial charge in [-0.1, -0.05) is 17.7 Å². The van der Waals surface area contributed by atoms with Gasteiger partial charge >= 0.3 is 0 Å². The van der Waals surface area contributed by atoms with Gasteiger partial charge in [-0.3, -0.25) is 0 Å². The zero-order valence-corrected chi connectivity index (χ0v) is 12.7. The molecule has 0 spiro atoms. The Balaban J connectivity index is 2.20. The first-order valence-electron chi connectivity index (χ1n) is 5.67. The Morgan fingerprint density at radius 1 is 1.33 bits per heavy atom. The average molecular weight is 327 g/mol. The van der Waals surface area contributed by atoms with Crippen LogP contribution in [-0.4, -0.2) is 12.2 Å². The summed E-state index contributed by atoms with van der Waals surface area (Å²) in [7, 11) is 1.66. The molecule has 0 amide bonds. The van der Waals surface area contributed by atoms with Gasteiger partial charge in [-0.2, -0.15) is 0 Å². The van der Waals surface area contributed by atoms with Crippen molar-refractivity contribution in [2.24, 2.45) is 0 Å². The molecule has 1 unspecified atom stereocenters. The van der Waals surface area contributed by atoms with Crippen molar-refractivity contribution in [1.29, 1.82) is 0 Å². The minimum atomic E-state index is -0.489. The predicted molar refractivity (Wildman–Crippen MR) is 78.4 cm³/mol. The standard InChI is InChI=1S/C14H15BrO2S/c1-9-3-4-12(17-2)10(7-9)8-11(16)13-5-6-14(15)18-13/h3-7,11,16H,8H2,1-2H3. The summed E-state index contributed by atoms with van der Waals surface area (Å²) in [5.41, 5.74) is 2.21. The van der Waals surface area contributed by atoms with E-state index in [1.165, 1.54) is 5.56 Å². The van der Waals surface area contributed by atoms with E-state index < -0.39 is 6.10 Å². The lowest BCUT2D eigenvalue weighted by Crippen LogP contribution is -2.02. The largest absolute Gasteiger partial charge is 0.496 e. The fourth-order valence-electron chi connectivity index (χ4n) is 1.88. The lowest BCUT2D eigenvalue weighted by molar-refractivity contribution is 0.181. The highest BCUT2D eigenvalue weighted by Crippen LogP contribution is 2.31. The van der Waals surface area contributed by atoms with E-state index in [1.807, 2.05) is 31.2 Å². The first-order chi connectivity index (χ1) is 8.60. The molecule has 0 radical (unpaired) electrons. The summed E-state index contributed by atoms with van der Waals surface area (Å²) in [6.07, 6.45) is 0.0784. The van der Waals surface area contributed by atoms with Crippen LogP contribution in [0.3, 0.4) is 0 Å². The van der Waals surface area contributed by atoms with E-state index in [0.717, 1.165) is 20.0 Å². The summed E-state index contributed by atoms with van der Waals surface area (Å²) >= 11 is 4.97. The van der Waals surface area contributed by atoms with Gasteiger partial charge < -0.3 is 9.84 Å². The topological polar surface area (TPSA) is 29.5 Å². The van der Waals surface area contributed by atoms with E-state index in [0.29, 0.717) is 6.42 Å². The second-order valence-electron chi connectivity index (χ2n) is 4.18. The molecule has 4 heteroatoms. The smallest absolute Gasteiger partial charge is 0.122 e. The number of aliphatic hydroxyl groups excluding tert-OH is 1. The molecule has 0 bridgehead atoms. The quantitative estimate of drug-likeness (QED) is 0.916. The van der Waals surface area contributed by atoms with Gasteiger partial charge in [-0.05, 0) is 46.6 Å². The van der Waals surface area contributed by atoms with Crippen molar-refractivity contribution in [3.8, 4) is 5.75 Å². The Bertz CT molecular complexity index is 536. The van der Waals surface area contributed by atoms with Gasteiger partial charge in [-0.15, -0.1) is 11.3 Å². The van der Waals surface area contributed by atoms with Crippen molar-refractivity contribution in [1.82, 2.24) is 0 Å². The minimum Gasteiger partial charge on any atom is -0.496 e. The van der Waals surface area contributed by atoms with E-state index in [4.69, 9.17) is 4.74 Å². The van der Waals surface area contributed by atoms with Crippen molar-refractivity contribution in [2.45, 2.75) is 19.4 Å². The summed E-state index contributed by atoms with van der Waals surface area (Å²) in [6.45, 7) is 2.04. The van der Waals surface area contributed by atoms with Crippen molar-refractivity contribution >= 4 is 27.3 Å². The van der Waals surface area contributed by atoms with Gasteiger partial charge in [0.2, 0.25) is 0 Å². The maximum atomic E-state index is 10.2. The Labute approximate surface area is 119 Å². The second-order valence-corrected chi connectivity index (χ2v) is 6.67. The van der Waals surface area contributed by atoms with Crippen molar-refractivity contribution in [3.63, 3.8) is 0 Å². The number of halogens is 1. The number of rotatable bonds is 4. The molecule has 2 nitrogen and oxygen atoms in total. The van der Waals surface area contributed by atoms with E-state index in [1.54, 1.807) is 18.4 Å². The summed E-state index contributed by atoms with van der Waals surface area (Å²) in [5, 5.41) is 10.2. The number of methoxy groups -OCH3 is 1. The van der Waals surface area contributed by atoms with Crippen LogP contribution in [0.25, 0.3) is 0 Å². The van der Waals surface area contributed by atoms with E-state index in [9.17, 15) is 5.11 Å². The summed E-state index contributed by atoms with van der Waals surface area (Å²) in [6, 6.07) is 9.92. The van der Waals surface area contributed by atoms with Gasteiger partial charge in [0, 0.05) is 11.3 Å². The summed E-state index contributed by atoms with van der Waals surface area (Å²) < 4.78 is 6.36. The minimum absolute atomic E-state index is 0.489. The first kappa shape index (κ1) is 13.6. The van der Waals surface area contributed by atoms with Gasteiger partial charge in [-0.25, -0.2) is 0 Å². The van der Waals surface area contributed by atoms with Crippen LogP contribution >= 0.6 is 27.3 Å². The molecule has 96 valence electrons. The van der Waals surface area contributed by atoms with Gasteiger partial charge in [0.05, 0.1) is 17.0 Å². The fraction of sp³-hybridized carbons (Fsp3) is 0.286. The second kappa shape index (κ2) is 5.87. The van der Waals surface area contributed by atoms with Gasteiger partial charge in [0.1, 0.15) is 5.75 Å². The molecule has 0 saturated carbocycles. The third-order valence-corrected chi connectivity index (χ3v) is 4.50. The van der Waals surface area contributed by atoms with Gasteiger partial charge in [0.25, 0.3) is 0 Å². The maximum Gasteiger partial charge on any atom is 0.122 e. The zero-order chi connectivity index (χ0) is 13.1. The van der Waals surface area contributed by atoms with Crippen LogP contribution in [0.4, 0.5) is 0 Å². The number of aryl methyl sites for hydroxylation is 1. The third kappa shape index (κ3) is 3.13. The monoisotopic (exact) mass is 326 g/mol. The highest BCUT2D eigenvalue weighted by atomic mass is 79.9. The van der Waals surface area contributed by atoms with E-state index in [-0.39, 0.29) is 0 Å². The number of hydrogen-bond donors (Lipinski definition) is 1. The van der Waals surface area contributed by atoms with Crippen LogP contribution in [0.2, 0.25) is 0 Å². The highest BCUT2D eigenvalue weighted by molar-refractivity contribution is 9.11. The number of aliphatic hydroxyl groups is 1. The molecule has 1 N–H and O–H groups in total. The van der Waals surface area contributed by atoms with Crippen LogP contribution in [-0.2, 0) is 6.42 Å². The normalized spacial score (nSPS) is 12.4. The molecule has 18 heavy (non-hydrogen) atoms. The molecular weight excluding hydrogens is 312 g/mol. The van der Waals surface area contributed by atoms with Gasteiger partial charge in [0.15, 0.2) is 0 Å². The Morgan fingerprint density at radius 3 is 2.72 bits per heavy atom. The number of thiophene rings is 1. The Morgan fingerprint density at radius 2 is 2.11 bits per heavy atom. The molecule has 0 aliphatic heterocycles. The Kier molecular flexibility index (Phi) is 4.43. The lowest BCUT2D eigenvalue weighted by atomic mass is 10.0. The summed E-state index contributed by atoms with van der Waals surface area (Å²) in [5.74, 6) is 0.829. The lowest BCUT2D eigenvalue weighted by Gasteiger charge is -2.13. The summed E-state index contributed by atoms with van der Waals surface area (Å²) in [4.78, 5) is 0.963. The predicted octanol–water partition coefficient (Wildman–Crippen LogP) is 4.10. The third-order valence-electron chi connectivity index (χ3n) is 2.77. The maximum absolute atomic E-state index is 10.2. The number of ether oxygens (including phenoxy) is 1. The first-order valence-corrected chi connectivity index (χ1v) is 7.28. The average Bonchev–Trinajstić information content (AvgIpc) is 2.76. The zero-order valence-electron chi connectivity index (χ0n) is 10.3. The molecule has 1 aromatic heterocycles. The SMILES string of the molecule is COc1ccc(C)cc1CC(O)c1ccc(Br)s1. The fourth-order valence-corrected chi connectivity index (χ4v) is 3.29. The molecule has 0 saturated heterocycles. The van der Waals surface area contributed by atoms with Crippen LogP contribution in [0.15, 0.2) is 34.1 Å². The van der Waals surface area contributed by atoms with Crippen molar-refractivity contribution in [2.75, 3.05) is 7.11 Å².